The molecular formula is C29H24ClN3O5S. The van der Waals surface area contributed by atoms with Gasteiger partial charge in [0.2, 0.25) is 10.0 Å². The number of hydrogen-bond donors (Lipinski definition) is 1. The molecule has 0 bridgehead atoms. The highest BCUT2D eigenvalue weighted by molar-refractivity contribution is 7.92. The zero-order chi connectivity index (χ0) is 27.8. The lowest BCUT2D eigenvalue weighted by molar-refractivity contribution is 0.0734. The largest absolute Gasteiger partial charge is 0.423 e. The molecule has 0 aromatic heterocycles. The van der Waals surface area contributed by atoms with Gasteiger partial charge in [0.15, 0.2) is 0 Å². The predicted octanol–water partition coefficient (Wildman–Crippen LogP) is 5.29. The number of nitrogens with one attached hydrogen (secondary N) is 1. The maximum Gasteiger partial charge on any atom is 0.343 e. The van der Waals surface area contributed by atoms with Crippen LogP contribution in [0.25, 0.3) is 0 Å². The van der Waals surface area contributed by atoms with Crippen LogP contribution in [-0.2, 0) is 16.6 Å². The van der Waals surface area contributed by atoms with Crippen molar-refractivity contribution < 1.29 is 22.7 Å². The molecule has 0 aliphatic heterocycles. The van der Waals surface area contributed by atoms with Gasteiger partial charge in [0, 0.05) is 10.6 Å². The number of carbonyl (C=O) groups excluding carboxylic acids is 2. The van der Waals surface area contributed by atoms with Gasteiger partial charge in [-0.25, -0.2) is 18.6 Å². The Kier molecular flexibility index (Phi) is 8.75. The Morgan fingerprint density at radius 2 is 1.51 bits per heavy atom. The van der Waals surface area contributed by atoms with Gasteiger partial charge in [0.25, 0.3) is 5.91 Å². The van der Waals surface area contributed by atoms with Crippen molar-refractivity contribution in [2.24, 2.45) is 5.10 Å². The molecule has 1 N–H and O–H groups in total. The number of hydrazone groups is 1. The third kappa shape index (κ3) is 7.53. The number of carbonyl (C=O) groups is 2. The highest BCUT2D eigenvalue weighted by Gasteiger charge is 2.19. The quantitative estimate of drug-likeness (QED) is 0.129. The van der Waals surface area contributed by atoms with Crippen LogP contribution in [0, 0.1) is 0 Å². The van der Waals surface area contributed by atoms with Crippen molar-refractivity contribution in [2.45, 2.75) is 6.54 Å². The van der Waals surface area contributed by atoms with E-state index in [1.54, 1.807) is 84.9 Å². The fourth-order valence-corrected chi connectivity index (χ4v) is 4.63. The topological polar surface area (TPSA) is 105 Å². The Bertz CT molecular complexity index is 1590. The molecule has 0 saturated heterocycles. The van der Waals surface area contributed by atoms with E-state index in [2.05, 4.69) is 10.5 Å². The zero-order valence-electron chi connectivity index (χ0n) is 20.8. The molecule has 0 atom stereocenters. The van der Waals surface area contributed by atoms with Gasteiger partial charge in [-0.1, -0.05) is 48.0 Å². The van der Waals surface area contributed by atoms with Crippen molar-refractivity contribution in [1.29, 1.82) is 0 Å². The van der Waals surface area contributed by atoms with Crippen LogP contribution in [0.3, 0.4) is 0 Å². The Morgan fingerprint density at radius 1 is 0.872 bits per heavy atom. The third-order valence-electron chi connectivity index (χ3n) is 5.57. The molecule has 0 fully saturated rings. The van der Waals surface area contributed by atoms with Crippen LogP contribution >= 0.6 is 11.6 Å². The van der Waals surface area contributed by atoms with Crippen LogP contribution in [0.5, 0.6) is 5.75 Å². The second kappa shape index (κ2) is 12.4. The molecule has 198 valence electrons. The number of rotatable bonds is 9. The summed E-state index contributed by atoms with van der Waals surface area (Å²) in [5.41, 5.74) is 4.91. The smallest absolute Gasteiger partial charge is 0.343 e. The summed E-state index contributed by atoms with van der Waals surface area (Å²) in [6.07, 6.45) is 2.56. The molecule has 4 rings (SSSR count). The summed E-state index contributed by atoms with van der Waals surface area (Å²) in [7, 11) is -3.61. The molecule has 0 radical (unpaired) electrons. The number of anilines is 1. The lowest BCUT2D eigenvalue weighted by atomic mass is 10.2. The summed E-state index contributed by atoms with van der Waals surface area (Å²) in [5.74, 6) is -0.551. The van der Waals surface area contributed by atoms with Gasteiger partial charge in [-0.2, -0.15) is 5.10 Å². The fourth-order valence-electron chi connectivity index (χ4n) is 3.55. The van der Waals surface area contributed by atoms with E-state index in [1.165, 1.54) is 22.7 Å². The van der Waals surface area contributed by atoms with Crippen molar-refractivity contribution in [3.05, 3.63) is 130 Å². The average molecular weight is 562 g/mol. The average Bonchev–Trinajstić information content (AvgIpc) is 2.93. The van der Waals surface area contributed by atoms with Gasteiger partial charge in [0.1, 0.15) is 5.75 Å². The predicted molar refractivity (Wildman–Crippen MR) is 152 cm³/mol. The molecule has 0 heterocycles. The van der Waals surface area contributed by atoms with Crippen LogP contribution in [-0.4, -0.2) is 32.8 Å². The minimum atomic E-state index is -3.61. The van der Waals surface area contributed by atoms with Crippen LogP contribution < -0.4 is 14.5 Å². The summed E-state index contributed by atoms with van der Waals surface area (Å²) in [6, 6.07) is 28.4. The van der Waals surface area contributed by atoms with E-state index in [0.29, 0.717) is 38.7 Å². The Morgan fingerprint density at radius 3 is 2.15 bits per heavy atom. The van der Waals surface area contributed by atoms with E-state index in [9.17, 15) is 18.0 Å². The molecule has 39 heavy (non-hydrogen) atoms. The zero-order valence-corrected chi connectivity index (χ0v) is 22.4. The maximum atomic E-state index is 12.5. The van der Waals surface area contributed by atoms with E-state index in [-0.39, 0.29) is 6.54 Å². The number of nitrogens with zero attached hydrogens (tertiary/aromatic N) is 2. The van der Waals surface area contributed by atoms with E-state index < -0.39 is 21.9 Å². The van der Waals surface area contributed by atoms with Crippen molar-refractivity contribution >= 4 is 45.4 Å². The Hall–Kier alpha value is -4.47. The maximum absolute atomic E-state index is 12.5. The van der Waals surface area contributed by atoms with Crippen LogP contribution in [0.2, 0.25) is 5.02 Å². The summed E-state index contributed by atoms with van der Waals surface area (Å²) < 4.78 is 31.4. The number of esters is 1. The molecule has 0 aliphatic rings. The van der Waals surface area contributed by atoms with Gasteiger partial charge in [-0.05, 0) is 77.9 Å². The fraction of sp³-hybridized carbons (Fsp3) is 0.0690. The molecule has 10 heteroatoms. The highest BCUT2D eigenvalue weighted by Crippen LogP contribution is 2.24. The first-order valence-electron chi connectivity index (χ1n) is 11.7. The molecule has 0 saturated carbocycles. The SMILES string of the molecule is CS(=O)(=O)N(Cc1ccccc1Cl)c1ccc(C(=O)N/N=C\c2ccc(OC(=O)c3ccccc3)cc2)cc1. The Balaban J connectivity index is 1.36. The minimum absolute atomic E-state index is 0.0542. The lowest BCUT2D eigenvalue weighted by Crippen LogP contribution is -2.29. The molecule has 1 amide bonds. The first kappa shape index (κ1) is 27.6. The van der Waals surface area contributed by atoms with Crippen molar-refractivity contribution in [3.63, 3.8) is 0 Å². The van der Waals surface area contributed by atoms with Crippen molar-refractivity contribution in [3.8, 4) is 5.75 Å². The number of sulfonamides is 1. The standard InChI is InChI=1S/C29H24ClN3O5S/c1-39(36,37)33(20-24-9-5-6-10-27(24)30)25-15-13-22(14-16-25)28(34)32-31-19-21-11-17-26(18-12-21)38-29(35)23-7-3-2-4-8-23/h2-19H,20H2,1H3,(H,32,34)/b31-19-. The number of benzene rings is 4. The number of halogens is 1. The van der Waals surface area contributed by atoms with E-state index in [4.69, 9.17) is 16.3 Å². The first-order chi connectivity index (χ1) is 18.7. The van der Waals surface area contributed by atoms with Gasteiger partial charge >= 0.3 is 5.97 Å². The monoisotopic (exact) mass is 561 g/mol. The number of amides is 1. The lowest BCUT2D eigenvalue weighted by Gasteiger charge is -2.23. The molecule has 0 unspecified atom stereocenters. The molecular weight excluding hydrogens is 538 g/mol. The molecule has 0 aliphatic carbocycles. The van der Waals surface area contributed by atoms with Gasteiger partial charge < -0.3 is 4.74 Å². The van der Waals surface area contributed by atoms with Crippen LogP contribution in [0.15, 0.2) is 108 Å². The summed E-state index contributed by atoms with van der Waals surface area (Å²) >= 11 is 6.21. The number of hydrogen-bond acceptors (Lipinski definition) is 6. The van der Waals surface area contributed by atoms with Crippen LogP contribution in [0.1, 0.15) is 31.8 Å². The van der Waals surface area contributed by atoms with Gasteiger partial charge in [-0.3, -0.25) is 9.10 Å². The molecule has 4 aromatic rings. The second-order valence-corrected chi connectivity index (χ2v) is 10.7. The van der Waals surface area contributed by atoms with E-state index in [1.807, 2.05) is 6.07 Å². The summed E-state index contributed by atoms with van der Waals surface area (Å²) in [5, 5.41) is 4.43. The van der Waals surface area contributed by atoms with Crippen molar-refractivity contribution in [1.82, 2.24) is 5.43 Å². The van der Waals surface area contributed by atoms with Gasteiger partial charge in [-0.15, -0.1) is 0 Å². The summed E-state index contributed by atoms with van der Waals surface area (Å²) in [4.78, 5) is 24.7. The van der Waals surface area contributed by atoms with E-state index >= 15 is 0 Å². The third-order valence-corrected chi connectivity index (χ3v) is 7.08. The van der Waals surface area contributed by atoms with Gasteiger partial charge in [0.05, 0.1) is 30.3 Å². The Labute approximate surface area is 231 Å². The molecule has 0 spiro atoms. The highest BCUT2D eigenvalue weighted by atomic mass is 35.5. The first-order valence-corrected chi connectivity index (χ1v) is 14.0. The summed E-state index contributed by atoms with van der Waals surface area (Å²) in [6.45, 7) is 0.0542. The number of ether oxygens (including phenoxy) is 1. The molecule has 4 aromatic carbocycles. The second-order valence-electron chi connectivity index (χ2n) is 8.43. The molecule has 8 nitrogen and oxygen atoms in total. The normalized spacial score (nSPS) is 11.2. The van der Waals surface area contributed by atoms with Crippen LogP contribution in [0.4, 0.5) is 5.69 Å². The van der Waals surface area contributed by atoms with Crippen molar-refractivity contribution in [2.75, 3.05) is 10.6 Å². The minimum Gasteiger partial charge on any atom is -0.423 e. The van der Waals surface area contributed by atoms with E-state index in [0.717, 1.165) is 6.26 Å².